The number of nitrogens with zero attached hydrogens (tertiary/aromatic N) is 3. The van der Waals surface area contributed by atoms with Gasteiger partial charge < -0.3 is 5.73 Å². The predicted molar refractivity (Wildman–Crippen MR) is 72.5 cm³/mol. The monoisotopic (exact) mass is 264 g/mol. The summed E-state index contributed by atoms with van der Waals surface area (Å²) < 4.78 is 1.85. The smallest absolute Gasteiger partial charge is 0.0799 e. The Hall–Kier alpha value is -1.39. The molecule has 0 aliphatic rings. The zero-order valence-electron chi connectivity index (χ0n) is 10.6. The summed E-state index contributed by atoms with van der Waals surface area (Å²) in [6.07, 6.45) is 2.72. The molecule has 0 saturated heterocycles. The van der Waals surface area contributed by atoms with Gasteiger partial charge in [0.05, 0.1) is 17.9 Å². The number of hydrogen-bond acceptors (Lipinski definition) is 3. The van der Waals surface area contributed by atoms with Crippen molar-refractivity contribution in [3.63, 3.8) is 0 Å². The van der Waals surface area contributed by atoms with Crippen molar-refractivity contribution in [2.75, 3.05) is 0 Å². The zero-order chi connectivity index (χ0) is 13.1. The third kappa shape index (κ3) is 2.71. The molecule has 0 saturated carbocycles. The van der Waals surface area contributed by atoms with Crippen LogP contribution in [-0.2, 0) is 6.54 Å². The van der Waals surface area contributed by atoms with Gasteiger partial charge in [-0.15, -0.1) is 5.10 Å². The van der Waals surface area contributed by atoms with E-state index >= 15 is 0 Å². The Morgan fingerprint density at radius 2 is 2.17 bits per heavy atom. The van der Waals surface area contributed by atoms with Gasteiger partial charge in [-0.2, -0.15) is 0 Å². The lowest BCUT2D eigenvalue weighted by molar-refractivity contribution is 0.543. The van der Waals surface area contributed by atoms with Gasteiger partial charge in [0, 0.05) is 11.6 Å². The molecule has 0 spiro atoms. The zero-order valence-corrected chi connectivity index (χ0v) is 11.4. The second kappa shape index (κ2) is 5.50. The SMILES string of the molecule is CCCn1nncc1C(N)c1cc(C)cc(Cl)c1. The molecule has 18 heavy (non-hydrogen) atoms. The normalized spacial score (nSPS) is 12.7. The van der Waals surface area contributed by atoms with Crippen molar-refractivity contribution in [1.29, 1.82) is 0 Å². The van der Waals surface area contributed by atoms with Crippen molar-refractivity contribution in [2.45, 2.75) is 32.9 Å². The second-order valence-electron chi connectivity index (χ2n) is 4.42. The van der Waals surface area contributed by atoms with Crippen molar-refractivity contribution in [3.8, 4) is 0 Å². The number of nitrogens with two attached hydrogens (primary N) is 1. The molecule has 2 aromatic rings. The van der Waals surface area contributed by atoms with Crippen LogP contribution >= 0.6 is 11.6 Å². The van der Waals surface area contributed by atoms with E-state index in [0.29, 0.717) is 5.02 Å². The van der Waals surface area contributed by atoms with Gasteiger partial charge in [0.15, 0.2) is 0 Å². The van der Waals surface area contributed by atoms with Crippen molar-refractivity contribution >= 4 is 11.6 Å². The predicted octanol–water partition coefficient (Wildman–Crippen LogP) is 2.70. The summed E-state index contributed by atoms with van der Waals surface area (Å²) >= 11 is 6.06. The maximum atomic E-state index is 6.27. The van der Waals surface area contributed by atoms with E-state index in [1.54, 1.807) is 6.20 Å². The van der Waals surface area contributed by atoms with E-state index in [1.165, 1.54) is 0 Å². The fourth-order valence-electron chi connectivity index (χ4n) is 2.01. The molecule has 0 aliphatic carbocycles. The van der Waals surface area contributed by atoms with Crippen molar-refractivity contribution < 1.29 is 0 Å². The van der Waals surface area contributed by atoms with Crippen LogP contribution in [0.5, 0.6) is 0 Å². The first kappa shape index (κ1) is 13.1. The van der Waals surface area contributed by atoms with Crippen LogP contribution < -0.4 is 5.73 Å². The molecule has 1 unspecified atom stereocenters. The van der Waals surface area contributed by atoms with Gasteiger partial charge in [-0.3, -0.25) is 0 Å². The molecule has 1 atom stereocenters. The summed E-state index contributed by atoms with van der Waals surface area (Å²) in [5.41, 5.74) is 9.27. The highest BCUT2D eigenvalue weighted by Crippen LogP contribution is 2.23. The van der Waals surface area contributed by atoms with Gasteiger partial charge in [-0.05, 0) is 36.6 Å². The number of aromatic nitrogens is 3. The van der Waals surface area contributed by atoms with Gasteiger partial charge in [0.2, 0.25) is 0 Å². The molecule has 1 heterocycles. The molecule has 4 nitrogen and oxygen atoms in total. The molecule has 0 aliphatic heterocycles. The van der Waals surface area contributed by atoms with Gasteiger partial charge in [-0.25, -0.2) is 4.68 Å². The lowest BCUT2D eigenvalue weighted by atomic mass is 10.0. The topological polar surface area (TPSA) is 56.7 Å². The minimum atomic E-state index is -0.246. The first-order valence-corrected chi connectivity index (χ1v) is 6.40. The van der Waals surface area contributed by atoms with Gasteiger partial charge in [-0.1, -0.05) is 29.8 Å². The van der Waals surface area contributed by atoms with Crippen molar-refractivity contribution in [3.05, 3.63) is 46.2 Å². The minimum Gasteiger partial charge on any atom is -0.319 e. The molecular formula is C13H17ClN4. The molecule has 0 bridgehead atoms. The quantitative estimate of drug-likeness (QED) is 0.924. The highest BCUT2D eigenvalue weighted by atomic mass is 35.5. The number of benzene rings is 1. The van der Waals surface area contributed by atoms with Crippen LogP contribution in [0, 0.1) is 6.92 Å². The Bertz CT molecular complexity index is 515. The summed E-state index contributed by atoms with van der Waals surface area (Å²) in [6.45, 7) is 4.92. The third-order valence-corrected chi connectivity index (χ3v) is 3.04. The van der Waals surface area contributed by atoms with Crippen molar-refractivity contribution in [2.24, 2.45) is 5.73 Å². The Morgan fingerprint density at radius 3 is 2.83 bits per heavy atom. The van der Waals surface area contributed by atoms with E-state index in [9.17, 15) is 0 Å². The summed E-state index contributed by atoms with van der Waals surface area (Å²) in [5, 5.41) is 8.69. The Kier molecular flexibility index (Phi) is 3.99. The number of rotatable bonds is 4. The molecule has 96 valence electrons. The van der Waals surface area contributed by atoms with Crippen LogP contribution in [0.25, 0.3) is 0 Å². The highest BCUT2D eigenvalue weighted by molar-refractivity contribution is 6.30. The van der Waals surface area contributed by atoms with Crippen LogP contribution in [0.15, 0.2) is 24.4 Å². The molecule has 0 amide bonds. The minimum absolute atomic E-state index is 0.246. The van der Waals surface area contributed by atoms with E-state index in [-0.39, 0.29) is 6.04 Å². The summed E-state index contributed by atoms with van der Waals surface area (Å²) in [7, 11) is 0. The summed E-state index contributed by atoms with van der Waals surface area (Å²) in [6, 6.07) is 5.60. The Labute approximate surface area is 112 Å². The number of aryl methyl sites for hydroxylation is 2. The average molecular weight is 265 g/mol. The number of hydrogen-bond donors (Lipinski definition) is 1. The van der Waals surface area contributed by atoms with Crippen LogP contribution in [-0.4, -0.2) is 15.0 Å². The fourth-order valence-corrected chi connectivity index (χ4v) is 2.31. The maximum absolute atomic E-state index is 6.27. The molecule has 0 radical (unpaired) electrons. The molecule has 2 rings (SSSR count). The second-order valence-corrected chi connectivity index (χ2v) is 4.86. The molecule has 1 aromatic heterocycles. The Balaban J connectivity index is 2.34. The van der Waals surface area contributed by atoms with Gasteiger partial charge >= 0.3 is 0 Å². The third-order valence-electron chi connectivity index (χ3n) is 2.83. The summed E-state index contributed by atoms with van der Waals surface area (Å²) in [4.78, 5) is 0. The standard InChI is InChI=1S/C13H17ClN4/c1-3-4-18-12(8-16-17-18)13(15)10-5-9(2)6-11(14)7-10/h5-8,13H,3-4,15H2,1-2H3. The lowest BCUT2D eigenvalue weighted by Gasteiger charge is -2.14. The van der Waals surface area contributed by atoms with E-state index in [4.69, 9.17) is 17.3 Å². The number of halogens is 1. The first-order chi connectivity index (χ1) is 8.61. The molecule has 0 fully saturated rings. The van der Waals surface area contributed by atoms with Gasteiger partial charge in [0.25, 0.3) is 0 Å². The summed E-state index contributed by atoms with van der Waals surface area (Å²) in [5.74, 6) is 0. The van der Waals surface area contributed by atoms with Crippen LogP contribution in [0.3, 0.4) is 0 Å². The molecule has 5 heteroatoms. The molecule has 1 aromatic carbocycles. The average Bonchev–Trinajstić information content (AvgIpc) is 2.75. The molecule has 2 N–H and O–H groups in total. The highest BCUT2D eigenvalue weighted by Gasteiger charge is 2.15. The molecular weight excluding hydrogens is 248 g/mol. The van der Waals surface area contributed by atoms with E-state index in [0.717, 1.165) is 29.8 Å². The van der Waals surface area contributed by atoms with Crippen LogP contribution in [0.2, 0.25) is 5.02 Å². The Morgan fingerprint density at radius 1 is 1.39 bits per heavy atom. The van der Waals surface area contributed by atoms with E-state index < -0.39 is 0 Å². The van der Waals surface area contributed by atoms with Gasteiger partial charge in [0.1, 0.15) is 0 Å². The lowest BCUT2D eigenvalue weighted by Crippen LogP contribution is -2.17. The maximum Gasteiger partial charge on any atom is 0.0799 e. The first-order valence-electron chi connectivity index (χ1n) is 6.03. The largest absolute Gasteiger partial charge is 0.319 e. The van der Waals surface area contributed by atoms with E-state index in [1.807, 2.05) is 29.8 Å². The van der Waals surface area contributed by atoms with Crippen LogP contribution in [0.4, 0.5) is 0 Å². The van der Waals surface area contributed by atoms with Crippen molar-refractivity contribution in [1.82, 2.24) is 15.0 Å². The fraction of sp³-hybridized carbons (Fsp3) is 0.385. The van der Waals surface area contributed by atoms with Crippen LogP contribution in [0.1, 0.15) is 36.2 Å². The van der Waals surface area contributed by atoms with E-state index in [2.05, 4.69) is 17.2 Å².